The van der Waals surface area contributed by atoms with Crippen LogP contribution in [0.3, 0.4) is 0 Å². The molecule has 0 N–H and O–H groups in total. The molecule has 2 aliphatic heterocycles. The summed E-state index contributed by atoms with van der Waals surface area (Å²) in [5.41, 5.74) is 1.28. The van der Waals surface area contributed by atoms with Gasteiger partial charge in [0.15, 0.2) is 11.5 Å². The fraction of sp³-hybridized carbons (Fsp3) is 0.440. The number of fused-ring (bicyclic) bond motifs is 2. The molecule has 1 atom stereocenters. The van der Waals surface area contributed by atoms with E-state index in [0.29, 0.717) is 65.8 Å². The van der Waals surface area contributed by atoms with E-state index in [1.54, 1.807) is 19.9 Å². The lowest BCUT2D eigenvalue weighted by Gasteiger charge is -2.33. The van der Waals surface area contributed by atoms with Crippen LogP contribution in [-0.2, 0) is 26.5 Å². The summed E-state index contributed by atoms with van der Waals surface area (Å²) in [6.07, 6.45) is 0.558. The van der Waals surface area contributed by atoms with Gasteiger partial charge in [-0.15, -0.1) is 0 Å². The van der Waals surface area contributed by atoms with E-state index in [0.717, 1.165) is 4.68 Å². The smallest absolute Gasteiger partial charge is 0.408 e. The van der Waals surface area contributed by atoms with Gasteiger partial charge in [0.1, 0.15) is 12.2 Å². The molecule has 0 aliphatic carbocycles. The number of allylic oxidation sites excluding steroid dienone is 2. The molecule has 2 aromatic heterocycles. The molecule has 1 spiro atoms. The second kappa shape index (κ2) is 10.0. The normalized spacial score (nSPS) is 20.1. The fourth-order valence-electron chi connectivity index (χ4n) is 4.48. The Kier molecular flexibility index (Phi) is 7.13. The molecular weight excluding hydrogens is 491 g/mol. The van der Waals surface area contributed by atoms with Gasteiger partial charge in [-0.3, -0.25) is 14.4 Å². The van der Waals surface area contributed by atoms with E-state index in [1.165, 1.54) is 30.6 Å². The SMILES string of the molecule is C=C(C=N/C(OCC)=C(\C)OC)c1cc(C)c2c(n1)C1(CCCO1)N(c1cnn(CC(F)(F)F)c1)C2=O. The summed E-state index contributed by atoms with van der Waals surface area (Å²) in [4.78, 5) is 24.1. The number of aliphatic imine (C=N–C) groups is 1. The molecule has 9 nitrogen and oxygen atoms in total. The Bertz CT molecular complexity index is 1280. The summed E-state index contributed by atoms with van der Waals surface area (Å²) < 4.78 is 56.3. The van der Waals surface area contributed by atoms with Gasteiger partial charge in [-0.2, -0.15) is 18.3 Å². The number of amides is 1. The van der Waals surface area contributed by atoms with Crippen molar-refractivity contribution in [3.05, 3.63) is 59.2 Å². The highest BCUT2D eigenvalue weighted by Crippen LogP contribution is 2.49. The van der Waals surface area contributed by atoms with E-state index < -0.39 is 24.4 Å². The van der Waals surface area contributed by atoms with Gasteiger partial charge in [-0.25, -0.2) is 9.98 Å². The number of rotatable bonds is 8. The minimum absolute atomic E-state index is 0.206. The number of carbonyl (C=O) groups excluding carboxylic acids is 1. The summed E-state index contributed by atoms with van der Waals surface area (Å²) in [6, 6.07) is 1.72. The largest absolute Gasteiger partial charge is 0.496 e. The van der Waals surface area contributed by atoms with Crippen LogP contribution < -0.4 is 4.90 Å². The minimum atomic E-state index is -4.45. The van der Waals surface area contributed by atoms with Gasteiger partial charge in [-0.1, -0.05) is 6.58 Å². The van der Waals surface area contributed by atoms with E-state index in [4.69, 9.17) is 19.2 Å². The number of hydrogen-bond acceptors (Lipinski definition) is 7. The molecule has 0 bridgehead atoms. The van der Waals surface area contributed by atoms with Gasteiger partial charge < -0.3 is 14.2 Å². The molecule has 198 valence electrons. The molecule has 1 fully saturated rings. The lowest BCUT2D eigenvalue weighted by Crippen LogP contribution is -2.44. The lowest BCUT2D eigenvalue weighted by molar-refractivity contribution is -0.142. The fourth-order valence-corrected chi connectivity index (χ4v) is 4.48. The van der Waals surface area contributed by atoms with Crippen LogP contribution in [0.4, 0.5) is 18.9 Å². The molecule has 1 unspecified atom stereocenters. The number of nitrogens with zero attached hydrogens (tertiary/aromatic N) is 5. The number of carbonyl (C=O) groups is 1. The second-order valence-corrected chi connectivity index (χ2v) is 8.72. The number of hydrogen-bond donors (Lipinski definition) is 0. The summed E-state index contributed by atoms with van der Waals surface area (Å²) in [6.45, 7) is 8.89. The first-order valence-corrected chi connectivity index (χ1v) is 11.7. The average molecular weight is 520 g/mol. The number of ether oxygens (including phenoxy) is 3. The standard InChI is InChI=1S/C25H28F3N5O4/c1-6-36-22(17(4)35-5)29-11-16(3)19-10-15(2)20-21(31-19)24(8-7-9-37-24)33(23(20)34)18-12-30-32(13-18)14-25(26,27)28/h10-13H,3,6-9,14H2,1-2,4-5H3/b22-17-,29-11?. The molecule has 4 rings (SSSR count). The quantitative estimate of drug-likeness (QED) is 0.370. The highest BCUT2D eigenvalue weighted by Gasteiger charge is 2.56. The monoisotopic (exact) mass is 519 g/mol. The molecule has 37 heavy (non-hydrogen) atoms. The molecule has 1 saturated heterocycles. The van der Waals surface area contributed by atoms with Crippen molar-refractivity contribution in [2.45, 2.75) is 52.1 Å². The molecule has 0 saturated carbocycles. The maximum Gasteiger partial charge on any atom is 0.408 e. The van der Waals surface area contributed by atoms with Crippen LogP contribution in [0.25, 0.3) is 5.57 Å². The van der Waals surface area contributed by atoms with Gasteiger partial charge in [0.2, 0.25) is 0 Å². The van der Waals surface area contributed by atoms with Crippen molar-refractivity contribution in [1.29, 1.82) is 0 Å². The molecular formula is C25H28F3N5O4. The van der Waals surface area contributed by atoms with Crippen LogP contribution in [0.2, 0.25) is 0 Å². The maximum atomic E-state index is 13.6. The summed E-state index contributed by atoms with van der Waals surface area (Å²) in [7, 11) is 1.51. The Hall–Kier alpha value is -3.67. The number of aryl methyl sites for hydroxylation is 1. The first-order chi connectivity index (χ1) is 17.5. The topological polar surface area (TPSA) is 91.1 Å². The van der Waals surface area contributed by atoms with Crippen molar-refractivity contribution >= 4 is 23.4 Å². The number of alkyl halides is 3. The zero-order valence-corrected chi connectivity index (χ0v) is 21.1. The molecule has 0 radical (unpaired) electrons. The van der Waals surface area contributed by atoms with Crippen LogP contribution >= 0.6 is 0 Å². The molecule has 1 amide bonds. The van der Waals surface area contributed by atoms with Crippen molar-refractivity contribution in [1.82, 2.24) is 14.8 Å². The van der Waals surface area contributed by atoms with Crippen LogP contribution in [0, 0.1) is 6.92 Å². The highest BCUT2D eigenvalue weighted by atomic mass is 19.4. The third kappa shape index (κ3) is 4.97. The predicted molar refractivity (Wildman–Crippen MR) is 130 cm³/mol. The Labute approximate surface area is 212 Å². The third-order valence-corrected chi connectivity index (χ3v) is 6.14. The van der Waals surface area contributed by atoms with Crippen molar-refractivity contribution < 1.29 is 32.2 Å². The first kappa shape index (κ1) is 26.4. The van der Waals surface area contributed by atoms with Crippen molar-refractivity contribution in [2.75, 3.05) is 25.2 Å². The van der Waals surface area contributed by atoms with Crippen molar-refractivity contribution in [3.63, 3.8) is 0 Å². The Morgan fingerprint density at radius 2 is 2.16 bits per heavy atom. The molecule has 0 aromatic carbocycles. The average Bonchev–Trinajstić information content (AvgIpc) is 3.55. The van der Waals surface area contributed by atoms with E-state index >= 15 is 0 Å². The van der Waals surface area contributed by atoms with Gasteiger partial charge >= 0.3 is 6.18 Å². The Morgan fingerprint density at radius 3 is 2.78 bits per heavy atom. The van der Waals surface area contributed by atoms with Crippen LogP contribution in [-0.4, -0.2) is 53.4 Å². The maximum absolute atomic E-state index is 13.6. The van der Waals surface area contributed by atoms with Gasteiger partial charge in [0.25, 0.3) is 11.8 Å². The molecule has 2 aromatic rings. The predicted octanol–water partition coefficient (Wildman–Crippen LogP) is 4.73. The molecule has 2 aliphatic rings. The molecule has 4 heterocycles. The zero-order valence-electron chi connectivity index (χ0n) is 21.1. The third-order valence-electron chi connectivity index (χ3n) is 6.14. The van der Waals surface area contributed by atoms with Crippen LogP contribution in [0.1, 0.15) is 54.0 Å². The summed E-state index contributed by atoms with van der Waals surface area (Å²) >= 11 is 0. The van der Waals surface area contributed by atoms with Gasteiger partial charge in [0, 0.05) is 24.4 Å². The Morgan fingerprint density at radius 1 is 1.41 bits per heavy atom. The van der Waals surface area contributed by atoms with E-state index in [1.807, 2.05) is 6.92 Å². The summed E-state index contributed by atoms with van der Waals surface area (Å²) in [5.74, 6) is 0.392. The van der Waals surface area contributed by atoms with E-state index in [9.17, 15) is 18.0 Å². The van der Waals surface area contributed by atoms with Crippen molar-refractivity contribution in [3.8, 4) is 0 Å². The first-order valence-electron chi connectivity index (χ1n) is 11.7. The number of anilines is 1. The minimum Gasteiger partial charge on any atom is -0.496 e. The summed E-state index contributed by atoms with van der Waals surface area (Å²) in [5, 5.41) is 3.81. The van der Waals surface area contributed by atoms with Gasteiger partial charge in [-0.05, 0) is 38.8 Å². The number of halogens is 3. The van der Waals surface area contributed by atoms with Crippen LogP contribution in [0.5, 0.6) is 0 Å². The number of methoxy groups -OCH3 is 1. The van der Waals surface area contributed by atoms with E-state index in [-0.39, 0.29) is 5.69 Å². The van der Waals surface area contributed by atoms with E-state index in [2.05, 4.69) is 16.7 Å². The molecule has 12 heteroatoms. The second-order valence-electron chi connectivity index (χ2n) is 8.72. The van der Waals surface area contributed by atoms with Gasteiger partial charge in [0.05, 0.1) is 43.5 Å². The highest BCUT2D eigenvalue weighted by molar-refractivity contribution is 6.13. The lowest BCUT2D eigenvalue weighted by atomic mass is 9.99. The number of pyridine rings is 1. The number of aromatic nitrogens is 3. The zero-order chi connectivity index (χ0) is 27.0. The Balaban J connectivity index is 1.73. The van der Waals surface area contributed by atoms with Crippen LogP contribution in [0.15, 0.2) is 41.7 Å². The van der Waals surface area contributed by atoms with Crippen molar-refractivity contribution in [2.24, 2.45) is 4.99 Å².